The number of nitrogens with zero attached hydrogens (tertiary/aromatic N) is 1. The van der Waals surface area contributed by atoms with E-state index in [9.17, 15) is 4.79 Å². The zero-order valence-electron chi connectivity index (χ0n) is 16.8. The van der Waals surface area contributed by atoms with Crippen molar-refractivity contribution in [1.29, 1.82) is 0 Å². The van der Waals surface area contributed by atoms with Crippen LogP contribution < -0.4 is 19.1 Å². The first-order valence-electron chi connectivity index (χ1n) is 9.24. The molecule has 7 heteroatoms. The number of para-hydroxylation sites is 2. The number of carbonyl (C=O) groups excluding carboxylic acids is 1. The lowest BCUT2D eigenvalue weighted by Gasteiger charge is -2.17. The maximum Gasteiger partial charge on any atom is 0.270 e. The first kappa shape index (κ1) is 21.2. The van der Waals surface area contributed by atoms with Gasteiger partial charge in [0.05, 0.1) is 30.9 Å². The molecule has 2 aromatic carbocycles. The standard InChI is InChI=1S/C22H23NO4S2/c1-5-14(2)27-18-11-10-15(12-19(18)26-4)13-20-21(24)23(22(28)29-20)16-8-6-7-9-17(16)25-3/h6-14H,5H2,1-4H3/b20-13-/t14-/m1/s1. The molecule has 29 heavy (non-hydrogen) atoms. The Hall–Kier alpha value is -2.51. The zero-order valence-corrected chi connectivity index (χ0v) is 18.4. The maximum absolute atomic E-state index is 13.0. The molecule has 3 rings (SSSR count). The summed E-state index contributed by atoms with van der Waals surface area (Å²) in [5.74, 6) is 1.72. The first-order chi connectivity index (χ1) is 14.0. The lowest BCUT2D eigenvalue weighted by Crippen LogP contribution is -2.27. The van der Waals surface area contributed by atoms with Crippen molar-refractivity contribution in [2.75, 3.05) is 19.1 Å². The van der Waals surface area contributed by atoms with Crippen LogP contribution in [0.2, 0.25) is 0 Å². The average Bonchev–Trinajstić information content (AvgIpc) is 3.01. The smallest absolute Gasteiger partial charge is 0.270 e. The molecule has 2 aromatic rings. The van der Waals surface area contributed by atoms with Gasteiger partial charge in [0.2, 0.25) is 0 Å². The second-order valence-corrected chi connectivity index (χ2v) is 8.11. The summed E-state index contributed by atoms with van der Waals surface area (Å²) in [5, 5.41) is 0. The fourth-order valence-corrected chi connectivity index (χ4v) is 4.10. The molecule has 0 N–H and O–H groups in total. The van der Waals surface area contributed by atoms with Crippen molar-refractivity contribution in [3.63, 3.8) is 0 Å². The molecule has 0 saturated carbocycles. The summed E-state index contributed by atoms with van der Waals surface area (Å²) in [6.45, 7) is 4.08. The number of hydrogen-bond acceptors (Lipinski definition) is 6. The largest absolute Gasteiger partial charge is 0.495 e. The molecule has 0 spiro atoms. The van der Waals surface area contributed by atoms with Crippen LogP contribution in [0.5, 0.6) is 17.2 Å². The van der Waals surface area contributed by atoms with Gasteiger partial charge in [0, 0.05) is 0 Å². The molecular formula is C22H23NO4S2. The van der Waals surface area contributed by atoms with Crippen LogP contribution in [0.25, 0.3) is 6.08 Å². The van der Waals surface area contributed by atoms with Gasteiger partial charge in [-0.05, 0) is 49.2 Å². The summed E-state index contributed by atoms with van der Waals surface area (Å²) < 4.78 is 17.2. The van der Waals surface area contributed by atoms with Gasteiger partial charge >= 0.3 is 0 Å². The number of benzene rings is 2. The van der Waals surface area contributed by atoms with E-state index < -0.39 is 0 Å². The summed E-state index contributed by atoms with van der Waals surface area (Å²) in [7, 11) is 3.17. The zero-order chi connectivity index (χ0) is 21.0. The molecule has 1 heterocycles. The number of thiocarbonyl (C=S) groups is 1. The predicted octanol–water partition coefficient (Wildman–Crippen LogP) is 5.29. The van der Waals surface area contributed by atoms with E-state index in [1.54, 1.807) is 20.3 Å². The summed E-state index contributed by atoms with van der Waals surface area (Å²) >= 11 is 6.72. The highest BCUT2D eigenvalue weighted by atomic mass is 32.2. The van der Waals surface area contributed by atoms with Gasteiger partial charge in [-0.25, -0.2) is 0 Å². The normalized spacial score (nSPS) is 16.3. The van der Waals surface area contributed by atoms with Crippen LogP contribution in [0.1, 0.15) is 25.8 Å². The molecule has 0 aliphatic carbocycles. The summed E-state index contributed by atoms with van der Waals surface area (Å²) in [6, 6.07) is 12.9. The van der Waals surface area contributed by atoms with E-state index in [0.29, 0.717) is 32.2 Å². The number of carbonyl (C=O) groups is 1. The lowest BCUT2D eigenvalue weighted by atomic mass is 10.1. The molecule has 1 amide bonds. The van der Waals surface area contributed by atoms with E-state index in [1.165, 1.54) is 16.7 Å². The first-order valence-corrected chi connectivity index (χ1v) is 10.5. The van der Waals surface area contributed by atoms with E-state index in [2.05, 4.69) is 6.92 Å². The Kier molecular flexibility index (Phi) is 6.82. The van der Waals surface area contributed by atoms with E-state index in [-0.39, 0.29) is 12.0 Å². The highest BCUT2D eigenvalue weighted by Gasteiger charge is 2.34. The third-order valence-electron chi connectivity index (χ3n) is 4.51. The molecule has 0 unspecified atom stereocenters. The van der Waals surface area contributed by atoms with Crippen molar-refractivity contribution in [3.8, 4) is 17.2 Å². The predicted molar refractivity (Wildman–Crippen MR) is 122 cm³/mol. The molecule has 1 aliphatic rings. The molecule has 5 nitrogen and oxygen atoms in total. The maximum atomic E-state index is 13.0. The van der Waals surface area contributed by atoms with Crippen LogP contribution in [0.3, 0.4) is 0 Å². The second-order valence-electron chi connectivity index (χ2n) is 6.44. The molecule has 0 bridgehead atoms. The van der Waals surface area contributed by atoms with Gasteiger partial charge < -0.3 is 14.2 Å². The SMILES string of the molecule is CC[C@@H](C)Oc1ccc(/C=C2\SC(=S)N(c3ccccc3OC)C2=O)cc1OC. The molecule has 1 fully saturated rings. The summed E-state index contributed by atoms with van der Waals surface area (Å²) in [4.78, 5) is 15.1. The van der Waals surface area contributed by atoms with E-state index in [1.807, 2.05) is 49.4 Å². The van der Waals surface area contributed by atoms with Crippen molar-refractivity contribution in [2.24, 2.45) is 0 Å². The highest BCUT2D eigenvalue weighted by molar-refractivity contribution is 8.27. The van der Waals surface area contributed by atoms with Crippen LogP contribution in [0.15, 0.2) is 47.4 Å². The van der Waals surface area contributed by atoms with Crippen molar-refractivity contribution in [1.82, 2.24) is 0 Å². The number of ether oxygens (including phenoxy) is 3. The Morgan fingerprint density at radius 1 is 1.10 bits per heavy atom. The fraction of sp³-hybridized carbons (Fsp3) is 0.273. The van der Waals surface area contributed by atoms with Gasteiger partial charge in [0.15, 0.2) is 15.8 Å². The molecule has 1 aliphatic heterocycles. The topological polar surface area (TPSA) is 48.0 Å². The second kappa shape index (κ2) is 9.33. The Bertz CT molecular complexity index is 958. The van der Waals surface area contributed by atoms with Gasteiger partial charge in [-0.2, -0.15) is 0 Å². The van der Waals surface area contributed by atoms with Crippen molar-refractivity contribution in [2.45, 2.75) is 26.4 Å². The Morgan fingerprint density at radius 2 is 1.83 bits per heavy atom. The highest BCUT2D eigenvalue weighted by Crippen LogP contribution is 2.40. The third-order valence-corrected chi connectivity index (χ3v) is 5.81. The number of anilines is 1. The average molecular weight is 430 g/mol. The van der Waals surface area contributed by atoms with Crippen molar-refractivity contribution >= 4 is 46.0 Å². The minimum Gasteiger partial charge on any atom is -0.495 e. The van der Waals surface area contributed by atoms with Gasteiger partial charge in [-0.1, -0.05) is 49.1 Å². The number of amides is 1. The fourth-order valence-electron chi connectivity index (χ4n) is 2.81. The van der Waals surface area contributed by atoms with E-state index >= 15 is 0 Å². The van der Waals surface area contributed by atoms with Crippen molar-refractivity contribution < 1.29 is 19.0 Å². The Labute approximate surface area is 180 Å². The Balaban J connectivity index is 1.89. The molecule has 0 radical (unpaired) electrons. The minimum absolute atomic E-state index is 0.0897. The quantitative estimate of drug-likeness (QED) is 0.440. The van der Waals surface area contributed by atoms with Crippen LogP contribution in [0, 0.1) is 0 Å². The van der Waals surface area contributed by atoms with Gasteiger partial charge in [0.1, 0.15) is 5.75 Å². The van der Waals surface area contributed by atoms with Crippen LogP contribution >= 0.6 is 24.0 Å². The third kappa shape index (κ3) is 4.57. The summed E-state index contributed by atoms with van der Waals surface area (Å²) in [6.07, 6.45) is 2.80. The molecule has 0 aromatic heterocycles. The van der Waals surface area contributed by atoms with Crippen LogP contribution in [0.4, 0.5) is 5.69 Å². The van der Waals surface area contributed by atoms with Crippen LogP contribution in [-0.4, -0.2) is 30.6 Å². The van der Waals surface area contributed by atoms with Gasteiger partial charge in [-0.15, -0.1) is 0 Å². The lowest BCUT2D eigenvalue weighted by molar-refractivity contribution is -0.113. The van der Waals surface area contributed by atoms with E-state index in [4.69, 9.17) is 26.4 Å². The van der Waals surface area contributed by atoms with Gasteiger partial charge in [-0.3, -0.25) is 9.69 Å². The number of hydrogen-bond donors (Lipinski definition) is 0. The summed E-state index contributed by atoms with van der Waals surface area (Å²) in [5.41, 5.74) is 1.47. The molecular weight excluding hydrogens is 406 g/mol. The number of rotatable bonds is 7. The van der Waals surface area contributed by atoms with Gasteiger partial charge in [0.25, 0.3) is 5.91 Å². The van der Waals surface area contributed by atoms with E-state index in [0.717, 1.165) is 12.0 Å². The molecule has 152 valence electrons. The molecule has 1 atom stereocenters. The number of methoxy groups -OCH3 is 2. The Morgan fingerprint density at radius 3 is 2.52 bits per heavy atom. The van der Waals surface area contributed by atoms with Crippen molar-refractivity contribution in [3.05, 3.63) is 52.9 Å². The molecule has 1 saturated heterocycles. The number of thioether (sulfide) groups is 1. The minimum atomic E-state index is -0.177. The van der Waals surface area contributed by atoms with Crippen LogP contribution in [-0.2, 0) is 4.79 Å². The monoisotopic (exact) mass is 429 g/mol.